The van der Waals surface area contributed by atoms with E-state index in [1.165, 1.54) is 6.20 Å². The molecule has 1 aromatic rings. The highest BCUT2D eigenvalue weighted by atomic mass is 16.2. The number of nitriles is 1. The molecule has 0 atom stereocenters. The van der Waals surface area contributed by atoms with Crippen LogP contribution in [-0.4, -0.2) is 37.0 Å². The molecule has 2 N–H and O–H groups in total. The van der Waals surface area contributed by atoms with E-state index >= 15 is 0 Å². The normalized spacial score (nSPS) is 15.6. The molecule has 5 heteroatoms. The molecule has 20 heavy (non-hydrogen) atoms. The van der Waals surface area contributed by atoms with Gasteiger partial charge in [-0.3, -0.25) is 4.79 Å². The van der Waals surface area contributed by atoms with E-state index in [1.54, 1.807) is 4.90 Å². The quantitative estimate of drug-likeness (QED) is 0.640. The van der Waals surface area contributed by atoms with Gasteiger partial charge in [0.05, 0.1) is 0 Å². The van der Waals surface area contributed by atoms with Crippen LogP contribution in [0.3, 0.4) is 0 Å². The van der Waals surface area contributed by atoms with Crippen LogP contribution in [0.25, 0.3) is 0 Å². The van der Waals surface area contributed by atoms with Crippen molar-refractivity contribution in [2.45, 2.75) is 6.92 Å². The molecule has 1 fully saturated rings. The molecule has 1 aliphatic heterocycles. The maximum absolute atomic E-state index is 12.2. The van der Waals surface area contributed by atoms with Crippen molar-refractivity contribution in [3.05, 3.63) is 41.6 Å². The summed E-state index contributed by atoms with van der Waals surface area (Å²) in [5.41, 5.74) is 2.10. The number of hydrogen-bond donors (Lipinski definition) is 2. The molecule has 0 aliphatic carbocycles. The van der Waals surface area contributed by atoms with Gasteiger partial charge in [-0.1, -0.05) is 18.2 Å². The van der Waals surface area contributed by atoms with Crippen LogP contribution in [-0.2, 0) is 4.79 Å². The second-order valence-corrected chi connectivity index (χ2v) is 4.67. The molecule has 0 unspecified atom stereocenters. The summed E-state index contributed by atoms with van der Waals surface area (Å²) in [6.45, 7) is 4.80. The number of para-hydroxylation sites is 1. The number of carbonyl (C=O) groups excluding carboxylic acids is 1. The zero-order valence-electron chi connectivity index (χ0n) is 11.5. The molecule has 1 heterocycles. The highest BCUT2D eigenvalue weighted by Gasteiger charge is 2.19. The molecule has 0 aromatic heterocycles. The Morgan fingerprint density at radius 3 is 2.75 bits per heavy atom. The molecule has 0 saturated carbocycles. The molecular weight excluding hydrogens is 252 g/mol. The minimum Gasteiger partial charge on any atom is -0.360 e. The molecule has 104 valence electrons. The Morgan fingerprint density at radius 1 is 1.40 bits per heavy atom. The zero-order valence-corrected chi connectivity index (χ0v) is 11.5. The summed E-state index contributed by atoms with van der Waals surface area (Å²) in [5, 5.41) is 15.4. The van der Waals surface area contributed by atoms with Crippen LogP contribution in [0.15, 0.2) is 36.0 Å². The highest BCUT2D eigenvalue weighted by molar-refractivity contribution is 5.97. The maximum Gasteiger partial charge on any atom is 0.266 e. The summed E-state index contributed by atoms with van der Waals surface area (Å²) in [4.78, 5) is 13.9. The van der Waals surface area contributed by atoms with Crippen molar-refractivity contribution >= 4 is 11.6 Å². The summed E-state index contributed by atoms with van der Waals surface area (Å²) in [6.07, 6.45) is 1.49. The van der Waals surface area contributed by atoms with Crippen molar-refractivity contribution < 1.29 is 4.79 Å². The lowest BCUT2D eigenvalue weighted by molar-refractivity contribution is -0.127. The summed E-state index contributed by atoms with van der Waals surface area (Å²) < 4.78 is 0. The Balaban J connectivity index is 2.08. The van der Waals surface area contributed by atoms with E-state index in [9.17, 15) is 4.79 Å². The summed E-state index contributed by atoms with van der Waals surface area (Å²) in [6, 6.07) is 9.72. The third-order valence-electron chi connectivity index (χ3n) is 3.27. The topological polar surface area (TPSA) is 68.2 Å². The molecule has 0 radical (unpaired) electrons. The molecule has 1 aromatic carbocycles. The number of hydrogen-bond acceptors (Lipinski definition) is 4. The largest absolute Gasteiger partial charge is 0.360 e. The number of rotatable bonds is 3. The van der Waals surface area contributed by atoms with Gasteiger partial charge in [0.15, 0.2) is 0 Å². The van der Waals surface area contributed by atoms with Gasteiger partial charge >= 0.3 is 0 Å². The summed E-state index contributed by atoms with van der Waals surface area (Å²) in [7, 11) is 0. The number of nitrogens with zero attached hydrogens (tertiary/aromatic N) is 2. The van der Waals surface area contributed by atoms with Crippen LogP contribution < -0.4 is 10.6 Å². The van der Waals surface area contributed by atoms with E-state index in [-0.39, 0.29) is 11.5 Å². The molecule has 1 amide bonds. The number of nitrogens with one attached hydrogen (secondary N) is 2. The Labute approximate surface area is 118 Å². The zero-order chi connectivity index (χ0) is 14.4. The summed E-state index contributed by atoms with van der Waals surface area (Å²) in [5.74, 6) is -0.213. The first-order valence-corrected chi connectivity index (χ1v) is 6.65. The fourth-order valence-electron chi connectivity index (χ4n) is 2.06. The molecule has 1 saturated heterocycles. The minimum absolute atomic E-state index is 0.134. The Kier molecular flexibility index (Phi) is 4.75. The Morgan fingerprint density at radius 2 is 2.10 bits per heavy atom. The Hall–Kier alpha value is -2.32. The average molecular weight is 270 g/mol. The predicted molar refractivity (Wildman–Crippen MR) is 77.9 cm³/mol. The first-order valence-electron chi connectivity index (χ1n) is 6.65. The fourth-order valence-corrected chi connectivity index (χ4v) is 2.06. The molecule has 2 rings (SSSR count). The van der Waals surface area contributed by atoms with Gasteiger partial charge in [0.2, 0.25) is 0 Å². The second kappa shape index (κ2) is 6.73. The first-order chi connectivity index (χ1) is 9.72. The van der Waals surface area contributed by atoms with Gasteiger partial charge in [-0.25, -0.2) is 0 Å². The van der Waals surface area contributed by atoms with Crippen molar-refractivity contribution in [1.82, 2.24) is 10.2 Å². The number of amides is 1. The van der Waals surface area contributed by atoms with E-state index < -0.39 is 0 Å². The van der Waals surface area contributed by atoms with E-state index in [0.29, 0.717) is 13.1 Å². The second-order valence-electron chi connectivity index (χ2n) is 4.67. The van der Waals surface area contributed by atoms with Crippen LogP contribution in [0.5, 0.6) is 0 Å². The third kappa shape index (κ3) is 3.37. The van der Waals surface area contributed by atoms with Crippen LogP contribution in [0.1, 0.15) is 5.56 Å². The highest BCUT2D eigenvalue weighted by Crippen LogP contribution is 2.14. The van der Waals surface area contributed by atoms with Gasteiger partial charge in [-0.05, 0) is 18.6 Å². The number of anilines is 1. The van der Waals surface area contributed by atoms with E-state index in [4.69, 9.17) is 5.26 Å². The molecule has 1 aliphatic rings. The van der Waals surface area contributed by atoms with Gasteiger partial charge in [-0.2, -0.15) is 5.26 Å². The minimum atomic E-state index is -0.213. The Bertz CT molecular complexity index is 553. The molecular formula is C15H18N4O. The predicted octanol–water partition coefficient (Wildman–Crippen LogP) is 1.25. The van der Waals surface area contributed by atoms with Gasteiger partial charge in [-0.15, -0.1) is 0 Å². The van der Waals surface area contributed by atoms with Crippen molar-refractivity contribution in [2.24, 2.45) is 0 Å². The van der Waals surface area contributed by atoms with Crippen molar-refractivity contribution in [3.8, 4) is 6.07 Å². The lowest BCUT2D eigenvalue weighted by Crippen LogP contribution is -2.46. The lowest BCUT2D eigenvalue weighted by Gasteiger charge is -2.27. The molecule has 0 spiro atoms. The molecule has 5 nitrogen and oxygen atoms in total. The van der Waals surface area contributed by atoms with Crippen molar-refractivity contribution in [1.29, 1.82) is 5.26 Å². The van der Waals surface area contributed by atoms with Gasteiger partial charge in [0.1, 0.15) is 11.6 Å². The summed E-state index contributed by atoms with van der Waals surface area (Å²) >= 11 is 0. The molecule has 0 bridgehead atoms. The van der Waals surface area contributed by atoms with Crippen molar-refractivity contribution in [3.63, 3.8) is 0 Å². The van der Waals surface area contributed by atoms with E-state index in [1.807, 2.05) is 37.3 Å². The van der Waals surface area contributed by atoms with Crippen LogP contribution in [0.4, 0.5) is 5.69 Å². The number of piperazine rings is 1. The standard InChI is InChI=1S/C15H18N4O/c1-12-4-2-3-5-14(12)18-11-13(10-16)15(20)19-8-6-17-7-9-19/h2-5,11,17-18H,6-9H2,1H3/b13-11-. The fraction of sp³-hybridized carbons (Fsp3) is 0.333. The number of carbonyl (C=O) groups is 1. The van der Waals surface area contributed by atoms with Crippen molar-refractivity contribution in [2.75, 3.05) is 31.5 Å². The van der Waals surface area contributed by atoms with Crippen LogP contribution in [0.2, 0.25) is 0 Å². The van der Waals surface area contributed by atoms with Gasteiger partial charge in [0, 0.05) is 38.1 Å². The van der Waals surface area contributed by atoms with Crippen LogP contribution >= 0.6 is 0 Å². The van der Waals surface area contributed by atoms with E-state index in [2.05, 4.69) is 10.6 Å². The number of benzene rings is 1. The lowest BCUT2D eigenvalue weighted by atomic mass is 10.2. The van der Waals surface area contributed by atoms with Gasteiger partial charge < -0.3 is 15.5 Å². The maximum atomic E-state index is 12.2. The third-order valence-corrected chi connectivity index (χ3v) is 3.27. The smallest absolute Gasteiger partial charge is 0.266 e. The van der Waals surface area contributed by atoms with Crippen LogP contribution in [0, 0.1) is 18.3 Å². The number of aryl methyl sites for hydroxylation is 1. The van der Waals surface area contributed by atoms with E-state index in [0.717, 1.165) is 24.3 Å². The monoisotopic (exact) mass is 270 g/mol. The first kappa shape index (κ1) is 14.1. The van der Waals surface area contributed by atoms with Gasteiger partial charge in [0.25, 0.3) is 5.91 Å². The SMILES string of the molecule is Cc1ccccc1N/C=C(/C#N)C(=O)N1CCNCC1. The average Bonchev–Trinajstić information content (AvgIpc) is 2.50.